The van der Waals surface area contributed by atoms with Crippen molar-refractivity contribution in [1.29, 1.82) is 0 Å². The minimum Gasteiger partial charge on any atom is -0.494 e. The van der Waals surface area contributed by atoms with Crippen LogP contribution in [0.2, 0.25) is 0 Å². The molecule has 0 aromatic heterocycles. The molecule has 1 fully saturated rings. The number of piperazine rings is 1. The molecule has 0 spiro atoms. The molecular formula is C21H23FN2O3. The smallest absolute Gasteiger partial charge is 0.253 e. The molecule has 6 heteroatoms. The summed E-state index contributed by atoms with van der Waals surface area (Å²) in [5.74, 6) is 0.196. The van der Waals surface area contributed by atoms with E-state index in [2.05, 4.69) is 0 Å². The Hall–Kier alpha value is -2.89. The van der Waals surface area contributed by atoms with Crippen LogP contribution in [0.15, 0.2) is 48.5 Å². The first-order chi connectivity index (χ1) is 13.1. The molecule has 2 aromatic carbocycles. The normalized spacial score (nSPS) is 14.1. The van der Waals surface area contributed by atoms with Gasteiger partial charge in [-0.2, -0.15) is 0 Å². The third-order valence-corrected chi connectivity index (χ3v) is 4.52. The summed E-state index contributed by atoms with van der Waals surface area (Å²) in [4.78, 5) is 28.6. The van der Waals surface area contributed by atoms with Crippen molar-refractivity contribution in [3.8, 4) is 5.75 Å². The average Bonchev–Trinajstić information content (AvgIpc) is 2.72. The summed E-state index contributed by atoms with van der Waals surface area (Å²) >= 11 is 0. The minimum absolute atomic E-state index is 0.0501. The summed E-state index contributed by atoms with van der Waals surface area (Å²) < 4.78 is 18.5. The van der Waals surface area contributed by atoms with Gasteiger partial charge in [-0.15, -0.1) is 0 Å². The maximum atomic E-state index is 13.0. The van der Waals surface area contributed by atoms with Gasteiger partial charge in [0.15, 0.2) is 0 Å². The van der Waals surface area contributed by atoms with Gasteiger partial charge in [0.25, 0.3) is 11.8 Å². The van der Waals surface area contributed by atoms with Gasteiger partial charge in [0.2, 0.25) is 0 Å². The van der Waals surface area contributed by atoms with E-state index >= 15 is 0 Å². The number of ether oxygens (including phenoxy) is 1. The summed E-state index contributed by atoms with van der Waals surface area (Å²) in [5.41, 5.74) is 1.07. The Balaban J connectivity index is 1.56. The Labute approximate surface area is 158 Å². The number of halogens is 1. The van der Waals surface area contributed by atoms with Gasteiger partial charge in [-0.05, 0) is 55.0 Å². The summed E-state index contributed by atoms with van der Waals surface area (Å²) in [6.07, 6.45) is 0.932. The zero-order valence-electron chi connectivity index (χ0n) is 15.4. The molecule has 142 valence electrons. The fourth-order valence-electron chi connectivity index (χ4n) is 2.98. The van der Waals surface area contributed by atoms with Crippen molar-refractivity contribution in [2.24, 2.45) is 0 Å². The number of carbonyl (C=O) groups is 2. The van der Waals surface area contributed by atoms with Crippen LogP contribution in [-0.4, -0.2) is 54.4 Å². The number of hydrogen-bond acceptors (Lipinski definition) is 3. The van der Waals surface area contributed by atoms with E-state index < -0.39 is 0 Å². The van der Waals surface area contributed by atoms with Crippen molar-refractivity contribution < 1.29 is 18.7 Å². The molecule has 3 rings (SSSR count). The fraction of sp³-hybridized carbons (Fsp3) is 0.333. The second kappa shape index (κ2) is 8.66. The highest BCUT2D eigenvalue weighted by molar-refractivity contribution is 5.96. The molecule has 2 aromatic rings. The van der Waals surface area contributed by atoms with E-state index in [-0.39, 0.29) is 17.6 Å². The third-order valence-electron chi connectivity index (χ3n) is 4.52. The molecule has 0 aliphatic carbocycles. The standard InChI is InChI=1S/C21H23FN2O3/c1-2-15-27-19-9-5-17(6-10-19)21(26)24-13-11-23(12-14-24)20(25)16-3-7-18(22)8-4-16/h3-10H,2,11-15H2,1H3. The van der Waals surface area contributed by atoms with E-state index in [1.807, 2.05) is 6.92 Å². The quantitative estimate of drug-likeness (QED) is 0.812. The molecule has 0 saturated carbocycles. The summed E-state index contributed by atoms with van der Waals surface area (Å²) in [6, 6.07) is 12.7. The van der Waals surface area contributed by atoms with Crippen LogP contribution in [0.4, 0.5) is 4.39 Å². The summed E-state index contributed by atoms with van der Waals surface area (Å²) in [5, 5.41) is 0. The monoisotopic (exact) mass is 370 g/mol. The van der Waals surface area contributed by atoms with Gasteiger partial charge < -0.3 is 14.5 Å². The van der Waals surface area contributed by atoms with Crippen molar-refractivity contribution in [3.63, 3.8) is 0 Å². The Kier molecular flexibility index (Phi) is 6.06. The fourth-order valence-corrected chi connectivity index (χ4v) is 2.98. The molecule has 1 heterocycles. The number of amides is 2. The molecule has 1 aliphatic rings. The lowest BCUT2D eigenvalue weighted by Gasteiger charge is -2.35. The first-order valence-electron chi connectivity index (χ1n) is 9.15. The molecule has 1 saturated heterocycles. The molecule has 0 bridgehead atoms. The van der Waals surface area contributed by atoms with E-state index in [1.54, 1.807) is 34.1 Å². The lowest BCUT2D eigenvalue weighted by atomic mass is 10.1. The van der Waals surface area contributed by atoms with Crippen LogP contribution in [-0.2, 0) is 0 Å². The van der Waals surface area contributed by atoms with Crippen LogP contribution in [0.3, 0.4) is 0 Å². The SMILES string of the molecule is CCCOc1ccc(C(=O)N2CCN(C(=O)c3ccc(F)cc3)CC2)cc1. The lowest BCUT2D eigenvalue weighted by molar-refractivity contribution is 0.0535. The van der Waals surface area contributed by atoms with Gasteiger partial charge in [-0.1, -0.05) is 6.92 Å². The number of nitrogens with zero attached hydrogens (tertiary/aromatic N) is 2. The third kappa shape index (κ3) is 4.64. The first-order valence-corrected chi connectivity index (χ1v) is 9.15. The van der Waals surface area contributed by atoms with Crippen molar-refractivity contribution in [1.82, 2.24) is 9.80 Å². The first kappa shape index (κ1) is 18.9. The summed E-state index contributed by atoms with van der Waals surface area (Å²) in [7, 11) is 0. The van der Waals surface area contributed by atoms with Crippen molar-refractivity contribution in [2.75, 3.05) is 32.8 Å². The molecule has 0 radical (unpaired) electrons. The topological polar surface area (TPSA) is 49.9 Å². The minimum atomic E-state index is -0.368. The van der Waals surface area contributed by atoms with Crippen LogP contribution in [0.1, 0.15) is 34.1 Å². The molecule has 0 unspecified atom stereocenters. The maximum Gasteiger partial charge on any atom is 0.253 e. The van der Waals surface area contributed by atoms with E-state index in [4.69, 9.17) is 4.74 Å². The lowest BCUT2D eigenvalue weighted by Crippen LogP contribution is -2.50. The van der Waals surface area contributed by atoms with Gasteiger partial charge in [-0.25, -0.2) is 4.39 Å². The van der Waals surface area contributed by atoms with Crippen molar-refractivity contribution in [3.05, 3.63) is 65.5 Å². The van der Waals surface area contributed by atoms with Gasteiger partial charge in [-0.3, -0.25) is 9.59 Å². The highest BCUT2D eigenvalue weighted by Crippen LogP contribution is 2.16. The average molecular weight is 370 g/mol. The van der Waals surface area contributed by atoms with E-state index in [0.29, 0.717) is 43.9 Å². The van der Waals surface area contributed by atoms with Crippen LogP contribution in [0.25, 0.3) is 0 Å². The molecule has 5 nitrogen and oxygen atoms in total. The van der Waals surface area contributed by atoms with Gasteiger partial charge in [0.05, 0.1) is 6.61 Å². The molecule has 0 atom stereocenters. The van der Waals surface area contributed by atoms with E-state index in [0.717, 1.165) is 12.2 Å². The van der Waals surface area contributed by atoms with Gasteiger partial charge >= 0.3 is 0 Å². The Bertz CT molecular complexity index is 782. The number of benzene rings is 2. The van der Waals surface area contributed by atoms with Gasteiger partial charge in [0, 0.05) is 37.3 Å². The molecule has 27 heavy (non-hydrogen) atoms. The van der Waals surface area contributed by atoms with E-state index in [9.17, 15) is 14.0 Å². The predicted octanol–water partition coefficient (Wildman–Crippen LogP) is 3.21. The predicted molar refractivity (Wildman–Crippen MR) is 100 cm³/mol. The molecule has 1 aliphatic heterocycles. The molecule has 2 amide bonds. The molecular weight excluding hydrogens is 347 g/mol. The largest absolute Gasteiger partial charge is 0.494 e. The van der Waals surface area contributed by atoms with Crippen molar-refractivity contribution >= 4 is 11.8 Å². The summed E-state index contributed by atoms with van der Waals surface area (Å²) in [6.45, 7) is 4.55. The highest BCUT2D eigenvalue weighted by atomic mass is 19.1. The second-order valence-electron chi connectivity index (χ2n) is 6.46. The zero-order chi connectivity index (χ0) is 19.2. The second-order valence-corrected chi connectivity index (χ2v) is 6.46. The van der Waals surface area contributed by atoms with Crippen LogP contribution < -0.4 is 4.74 Å². The van der Waals surface area contributed by atoms with E-state index in [1.165, 1.54) is 24.3 Å². The van der Waals surface area contributed by atoms with Crippen LogP contribution in [0.5, 0.6) is 5.75 Å². The van der Waals surface area contributed by atoms with Crippen LogP contribution in [0, 0.1) is 5.82 Å². The zero-order valence-corrected chi connectivity index (χ0v) is 15.4. The Morgan fingerprint density at radius 3 is 1.74 bits per heavy atom. The highest BCUT2D eigenvalue weighted by Gasteiger charge is 2.25. The number of rotatable bonds is 5. The number of hydrogen-bond donors (Lipinski definition) is 0. The number of carbonyl (C=O) groups excluding carboxylic acids is 2. The maximum absolute atomic E-state index is 13.0. The Morgan fingerprint density at radius 1 is 0.852 bits per heavy atom. The van der Waals surface area contributed by atoms with Crippen molar-refractivity contribution in [2.45, 2.75) is 13.3 Å². The van der Waals surface area contributed by atoms with Gasteiger partial charge in [0.1, 0.15) is 11.6 Å². The molecule has 0 N–H and O–H groups in total. The van der Waals surface area contributed by atoms with Crippen LogP contribution >= 0.6 is 0 Å². The Morgan fingerprint density at radius 2 is 1.30 bits per heavy atom.